The summed E-state index contributed by atoms with van der Waals surface area (Å²) in [7, 11) is -3.24. The van der Waals surface area contributed by atoms with E-state index in [9.17, 15) is 13.2 Å². The summed E-state index contributed by atoms with van der Waals surface area (Å²) in [4.78, 5) is 19.4. The lowest BCUT2D eigenvalue weighted by atomic mass is 10.0. The van der Waals surface area contributed by atoms with Crippen molar-refractivity contribution >= 4 is 55.0 Å². The molecule has 0 atom stereocenters. The van der Waals surface area contributed by atoms with Gasteiger partial charge in [-0.15, -0.1) is 0 Å². The van der Waals surface area contributed by atoms with Gasteiger partial charge >= 0.3 is 0 Å². The molecule has 4 rings (SSSR count). The van der Waals surface area contributed by atoms with E-state index >= 15 is 0 Å². The fourth-order valence-electron chi connectivity index (χ4n) is 3.36. The number of hydrogen-bond donors (Lipinski definition) is 1. The first-order chi connectivity index (χ1) is 12.3. The highest BCUT2D eigenvalue weighted by Crippen LogP contribution is 2.40. The molecule has 0 saturated heterocycles. The number of benzene rings is 2. The molecule has 0 spiro atoms. The maximum Gasteiger partial charge on any atom is 0.259 e. The Balaban J connectivity index is 1.75. The number of halogens is 1. The number of amides is 1. The summed E-state index contributed by atoms with van der Waals surface area (Å²) in [6.07, 6.45) is 1.63. The second kappa shape index (κ2) is 6.19. The lowest BCUT2D eigenvalue weighted by Gasteiger charge is -2.17. The Morgan fingerprint density at radius 2 is 2.00 bits per heavy atom. The van der Waals surface area contributed by atoms with Gasteiger partial charge in [0, 0.05) is 28.9 Å². The highest BCUT2D eigenvalue weighted by molar-refractivity contribution is 7.88. The highest BCUT2D eigenvalue weighted by atomic mass is 35.5. The Labute approximate surface area is 155 Å². The van der Waals surface area contributed by atoms with E-state index < -0.39 is 10.0 Å². The molecule has 8 heteroatoms. The first kappa shape index (κ1) is 17.2. The topological polar surface area (TPSA) is 79.4 Å². The minimum Gasteiger partial charge on any atom is -0.308 e. The van der Waals surface area contributed by atoms with Gasteiger partial charge in [-0.2, -0.15) is 0 Å². The molecule has 1 aliphatic heterocycles. The van der Waals surface area contributed by atoms with Crippen LogP contribution in [0.1, 0.15) is 16.8 Å². The predicted octanol–water partition coefficient (Wildman–Crippen LogP) is 2.94. The number of carbonyl (C=O) groups excluding carboxylic acids is 1. The first-order valence-corrected chi connectivity index (χ1v) is 10.4. The Morgan fingerprint density at radius 1 is 1.19 bits per heavy atom. The molecule has 1 aliphatic rings. The number of rotatable bonds is 5. The van der Waals surface area contributed by atoms with E-state index in [0.29, 0.717) is 23.6 Å². The Hall–Kier alpha value is -2.22. The molecular weight excluding hydrogens is 374 g/mol. The number of nitrogens with one attached hydrogen (secondary N) is 1. The van der Waals surface area contributed by atoms with Crippen LogP contribution in [0, 0.1) is 0 Å². The van der Waals surface area contributed by atoms with E-state index in [0.717, 1.165) is 33.7 Å². The number of hydrogen-bond acceptors (Lipinski definition) is 4. The summed E-state index contributed by atoms with van der Waals surface area (Å²) in [6, 6.07) is 11.0. The van der Waals surface area contributed by atoms with Gasteiger partial charge in [0.1, 0.15) is 0 Å². The van der Waals surface area contributed by atoms with Crippen molar-refractivity contribution in [1.29, 1.82) is 0 Å². The van der Waals surface area contributed by atoms with Gasteiger partial charge in [0.25, 0.3) is 5.91 Å². The maximum absolute atomic E-state index is 13.1. The van der Waals surface area contributed by atoms with Crippen LogP contribution in [0.15, 0.2) is 36.4 Å². The van der Waals surface area contributed by atoms with Crippen LogP contribution in [0.4, 0.5) is 5.69 Å². The van der Waals surface area contributed by atoms with E-state index in [2.05, 4.69) is 9.71 Å². The molecule has 0 bridgehead atoms. The standard InChI is InChI=1S/C18H16ClN3O3S/c1-26(24,25)20-8-3-9-22-15-5-2-4-14-17(15)16(18(22)23)12-10-11(19)6-7-13(12)21-14/h2,4-7,10,20H,3,8-9H2,1H3. The third kappa shape index (κ3) is 2.92. The third-order valence-electron chi connectivity index (χ3n) is 4.41. The van der Waals surface area contributed by atoms with Crippen LogP contribution in [0.3, 0.4) is 0 Å². The molecule has 2 heterocycles. The molecule has 1 aromatic heterocycles. The predicted molar refractivity (Wildman–Crippen MR) is 103 cm³/mol. The molecule has 0 aliphatic carbocycles. The summed E-state index contributed by atoms with van der Waals surface area (Å²) in [5, 5.41) is 2.11. The van der Waals surface area contributed by atoms with Crippen LogP contribution in [-0.2, 0) is 10.0 Å². The van der Waals surface area contributed by atoms with Crippen LogP contribution >= 0.6 is 11.6 Å². The minimum absolute atomic E-state index is 0.106. The first-order valence-electron chi connectivity index (χ1n) is 8.14. The van der Waals surface area contributed by atoms with Gasteiger partial charge in [0.15, 0.2) is 0 Å². The Morgan fingerprint density at radius 3 is 2.77 bits per heavy atom. The Kier molecular flexibility index (Phi) is 4.10. The molecule has 3 aromatic rings. The SMILES string of the molecule is CS(=O)(=O)NCCCN1C(=O)c2c3cc(Cl)ccc3nc3cccc1c23. The molecule has 6 nitrogen and oxygen atoms in total. The lowest BCUT2D eigenvalue weighted by Crippen LogP contribution is -2.31. The second-order valence-corrected chi connectivity index (χ2v) is 8.57. The zero-order chi connectivity index (χ0) is 18.5. The number of carbonyl (C=O) groups is 1. The van der Waals surface area contributed by atoms with Crippen molar-refractivity contribution in [2.75, 3.05) is 24.2 Å². The number of anilines is 1. The molecule has 0 radical (unpaired) electrons. The zero-order valence-electron chi connectivity index (χ0n) is 14.0. The molecule has 134 valence electrons. The van der Waals surface area contributed by atoms with Crippen molar-refractivity contribution in [3.8, 4) is 0 Å². The van der Waals surface area contributed by atoms with Crippen LogP contribution in [0.5, 0.6) is 0 Å². The quantitative estimate of drug-likeness (QED) is 0.537. The van der Waals surface area contributed by atoms with Gasteiger partial charge < -0.3 is 4.90 Å². The van der Waals surface area contributed by atoms with E-state index in [1.165, 1.54) is 0 Å². The minimum atomic E-state index is -3.24. The van der Waals surface area contributed by atoms with Crippen LogP contribution in [0.2, 0.25) is 5.02 Å². The number of fused-ring (bicyclic) bond motifs is 2. The van der Waals surface area contributed by atoms with Gasteiger partial charge in [-0.25, -0.2) is 18.1 Å². The summed E-state index contributed by atoms with van der Waals surface area (Å²) >= 11 is 6.13. The van der Waals surface area contributed by atoms with Gasteiger partial charge in [0.05, 0.1) is 28.5 Å². The molecule has 0 fully saturated rings. The largest absolute Gasteiger partial charge is 0.308 e. The number of aromatic nitrogens is 1. The average molecular weight is 390 g/mol. The summed E-state index contributed by atoms with van der Waals surface area (Å²) in [6.45, 7) is 0.691. The van der Waals surface area contributed by atoms with Crippen molar-refractivity contribution in [3.63, 3.8) is 0 Å². The van der Waals surface area contributed by atoms with Gasteiger partial charge in [-0.05, 0) is 36.8 Å². The van der Waals surface area contributed by atoms with Gasteiger partial charge in [-0.1, -0.05) is 17.7 Å². The van der Waals surface area contributed by atoms with E-state index in [4.69, 9.17) is 11.6 Å². The fourth-order valence-corrected chi connectivity index (χ4v) is 4.04. The van der Waals surface area contributed by atoms with Crippen LogP contribution in [-0.4, -0.2) is 38.7 Å². The number of pyridine rings is 1. The molecule has 0 saturated carbocycles. The molecular formula is C18H16ClN3O3S. The molecule has 2 aromatic carbocycles. The van der Waals surface area contributed by atoms with E-state index in [1.54, 1.807) is 17.0 Å². The molecule has 1 amide bonds. The third-order valence-corrected chi connectivity index (χ3v) is 5.38. The monoisotopic (exact) mass is 389 g/mol. The summed E-state index contributed by atoms with van der Waals surface area (Å²) in [5.41, 5.74) is 2.90. The molecule has 26 heavy (non-hydrogen) atoms. The summed E-state index contributed by atoms with van der Waals surface area (Å²) < 4.78 is 24.8. The number of nitrogens with zero attached hydrogens (tertiary/aromatic N) is 2. The lowest BCUT2D eigenvalue weighted by molar-refractivity contribution is 0.0994. The fraction of sp³-hybridized carbons (Fsp3) is 0.222. The highest BCUT2D eigenvalue weighted by Gasteiger charge is 2.32. The second-order valence-electron chi connectivity index (χ2n) is 6.30. The van der Waals surface area contributed by atoms with Crippen molar-refractivity contribution < 1.29 is 13.2 Å². The smallest absolute Gasteiger partial charge is 0.259 e. The van der Waals surface area contributed by atoms with Gasteiger partial charge in [-0.3, -0.25) is 4.79 Å². The Bertz CT molecular complexity index is 1160. The molecule has 1 N–H and O–H groups in total. The number of sulfonamides is 1. The van der Waals surface area contributed by atoms with Crippen molar-refractivity contribution in [2.24, 2.45) is 0 Å². The molecule has 0 unspecified atom stereocenters. The summed E-state index contributed by atoms with van der Waals surface area (Å²) in [5.74, 6) is -0.106. The van der Waals surface area contributed by atoms with Crippen LogP contribution in [0.25, 0.3) is 21.8 Å². The van der Waals surface area contributed by atoms with Crippen molar-refractivity contribution in [2.45, 2.75) is 6.42 Å². The maximum atomic E-state index is 13.1. The zero-order valence-corrected chi connectivity index (χ0v) is 15.6. The van der Waals surface area contributed by atoms with E-state index in [-0.39, 0.29) is 12.5 Å². The average Bonchev–Trinajstić information content (AvgIpc) is 2.86. The van der Waals surface area contributed by atoms with Gasteiger partial charge in [0.2, 0.25) is 10.0 Å². The van der Waals surface area contributed by atoms with Crippen molar-refractivity contribution in [3.05, 3.63) is 47.0 Å². The van der Waals surface area contributed by atoms with E-state index in [1.807, 2.05) is 24.3 Å². The van der Waals surface area contributed by atoms with Crippen LogP contribution < -0.4 is 9.62 Å². The van der Waals surface area contributed by atoms with Crippen molar-refractivity contribution in [1.82, 2.24) is 9.71 Å². The normalized spacial score (nSPS) is 13.9.